The van der Waals surface area contributed by atoms with Gasteiger partial charge in [0, 0.05) is 16.8 Å². The molecule has 0 spiro atoms. The van der Waals surface area contributed by atoms with Gasteiger partial charge in [-0.2, -0.15) is 0 Å². The topological polar surface area (TPSA) is 76.4 Å². The number of anilines is 1. The molecule has 0 bridgehead atoms. The highest BCUT2D eigenvalue weighted by atomic mass is 32.1. The lowest BCUT2D eigenvalue weighted by molar-refractivity contribution is 0.0977. The summed E-state index contributed by atoms with van der Waals surface area (Å²) >= 11 is 5.36. The summed E-state index contributed by atoms with van der Waals surface area (Å²) in [5.41, 5.74) is 5.78. The van der Waals surface area contributed by atoms with Gasteiger partial charge in [-0.1, -0.05) is 25.1 Å². The third-order valence-corrected chi connectivity index (χ3v) is 5.36. The van der Waals surface area contributed by atoms with Crippen LogP contribution in [-0.2, 0) is 6.42 Å². The minimum atomic E-state index is -0.319. The van der Waals surface area contributed by atoms with Crippen LogP contribution in [0.3, 0.4) is 0 Å². The number of hydrogen-bond acceptors (Lipinski definition) is 5. The van der Waals surface area contributed by atoms with E-state index in [2.05, 4.69) is 22.5 Å². The van der Waals surface area contributed by atoms with Crippen molar-refractivity contribution in [2.75, 3.05) is 12.4 Å². The van der Waals surface area contributed by atoms with Crippen molar-refractivity contribution in [3.63, 3.8) is 0 Å². The number of carbonyl (C=O) groups excluding carboxylic acids is 1. The highest BCUT2D eigenvalue weighted by Crippen LogP contribution is 2.28. The highest BCUT2D eigenvalue weighted by Gasteiger charge is 2.13. The summed E-state index contributed by atoms with van der Waals surface area (Å²) in [6.45, 7) is 4.06. The van der Waals surface area contributed by atoms with E-state index >= 15 is 0 Å². The van der Waals surface area contributed by atoms with Crippen molar-refractivity contribution < 1.29 is 13.9 Å². The SMILES string of the molecule is CCc1ccc2oc(-c3ccc(C)c(NC(=S)NC(=O)c4cccc(OC)c4)c3)nc2c1. The van der Waals surface area contributed by atoms with Crippen molar-refractivity contribution in [1.29, 1.82) is 0 Å². The number of rotatable bonds is 5. The van der Waals surface area contributed by atoms with E-state index in [1.54, 1.807) is 31.4 Å². The number of nitrogens with one attached hydrogen (secondary N) is 2. The van der Waals surface area contributed by atoms with Crippen molar-refractivity contribution in [2.24, 2.45) is 0 Å². The van der Waals surface area contributed by atoms with Crippen molar-refractivity contribution >= 4 is 40.0 Å². The Kier molecular flexibility index (Phi) is 6.18. The summed E-state index contributed by atoms with van der Waals surface area (Å²) < 4.78 is 11.1. The minimum Gasteiger partial charge on any atom is -0.497 e. The molecular formula is C25H23N3O3S. The third-order valence-electron chi connectivity index (χ3n) is 5.15. The van der Waals surface area contributed by atoms with Gasteiger partial charge in [0.15, 0.2) is 10.7 Å². The van der Waals surface area contributed by atoms with Gasteiger partial charge in [-0.05, 0) is 79.2 Å². The van der Waals surface area contributed by atoms with Crippen molar-refractivity contribution in [3.05, 3.63) is 77.4 Å². The second kappa shape index (κ2) is 9.20. The second-order valence-electron chi connectivity index (χ2n) is 7.34. The first-order valence-corrected chi connectivity index (χ1v) is 10.6. The van der Waals surface area contributed by atoms with Crippen LogP contribution in [0, 0.1) is 6.92 Å². The molecule has 0 saturated carbocycles. The number of oxazole rings is 1. The van der Waals surface area contributed by atoms with Gasteiger partial charge in [0.2, 0.25) is 5.89 Å². The number of aryl methyl sites for hydroxylation is 2. The Balaban J connectivity index is 1.52. The van der Waals surface area contributed by atoms with Gasteiger partial charge >= 0.3 is 0 Å². The number of ether oxygens (including phenoxy) is 1. The fourth-order valence-corrected chi connectivity index (χ4v) is 3.50. The minimum absolute atomic E-state index is 0.197. The molecule has 0 radical (unpaired) electrons. The Bertz CT molecular complexity index is 1310. The van der Waals surface area contributed by atoms with E-state index in [9.17, 15) is 4.79 Å². The summed E-state index contributed by atoms with van der Waals surface area (Å²) in [6, 6.07) is 18.7. The molecule has 0 unspecified atom stereocenters. The van der Waals surface area contributed by atoms with Crippen LogP contribution in [0.25, 0.3) is 22.6 Å². The van der Waals surface area contributed by atoms with Crippen LogP contribution < -0.4 is 15.4 Å². The molecule has 4 rings (SSSR count). The fraction of sp³-hybridized carbons (Fsp3) is 0.160. The maximum atomic E-state index is 12.5. The predicted molar refractivity (Wildman–Crippen MR) is 130 cm³/mol. The van der Waals surface area contributed by atoms with Crippen LogP contribution in [-0.4, -0.2) is 23.1 Å². The molecule has 1 amide bonds. The average molecular weight is 446 g/mol. The van der Waals surface area contributed by atoms with Crippen LogP contribution in [0.5, 0.6) is 5.75 Å². The molecule has 4 aromatic rings. The van der Waals surface area contributed by atoms with E-state index in [1.807, 2.05) is 43.3 Å². The maximum Gasteiger partial charge on any atom is 0.257 e. The molecule has 3 aromatic carbocycles. The Labute approximate surface area is 191 Å². The zero-order chi connectivity index (χ0) is 22.7. The summed E-state index contributed by atoms with van der Waals surface area (Å²) in [5, 5.41) is 6.00. The molecule has 0 aliphatic carbocycles. The van der Waals surface area contributed by atoms with Crippen LogP contribution in [0.1, 0.15) is 28.4 Å². The number of methoxy groups -OCH3 is 1. The Morgan fingerprint density at radius 2 is 1.97 bits per heavy atom. The lowest BCUT2D eigenvalue weighted by atomic mass is 10.1. The standard InChI is InChI=1S/C25H23N3O3S/c1-4-16-9-11-22-21(12-16)26-24(31-22)18-10-8-15(2)20(14-18)27-25(32)28-23(29)17-6-5-7-19(13-17)30-3/h5-14H,4H2,1-3H3,(H2,27,28,29,32). The number of carbonyl (C=O) groups is 1. The molecule has 1 aromatic heterocycles. The normalized spacial score (nSPS) is 10.7. The van der Waals surface area contributed by atoms with Gasteiger partial charge in [-0.25, -0.2) is 4.98 Å². The quantitative estimate of drug-likeness (QED) is 0.395. The summed E-state index contributed by atoms with van der Waals surface area (Å²) in [7, 11) is 1.55. The molecule has 162 valence electrons. The fourth-order valence-electron chi connectivity index (χ4n) is 3.30. The number of aromatic nitrogens is 1. The number of nitrogens with zero attached hydrogens (tertiary/aromatic N) is 1. The molecule has 0 saturated heterocycles. The lowest BCUT2D eigenvalue weighted by Gasteiger charge is -2.13. The molecule has 1 heterocycles. The monoisotopic (exact) mass is 445 g/mol. The van der Waals surface area contributed by atoms with E-state index in [-0.39, 0.29) is 11.0 Å². The maximum absolute atomic E-state index is 12.5. The molecular weight excluding hydrogens is 422 g/mol. The van der Waals surface area contributed by atoms with E-state index in [0.717, 1.165) is 34.3 Å². The van der Waals surface area contributed by atoms with Gasteiger partial charge in [-0.3, -0.25) is 10.1 Å². The van der Waals surface area contributed by atoms with Gasteiger partial charge in [-0.15, -0.1) is 0 Å². The predicted octanol–water partition coefficient (Wildman–Crippen LogP) is 5.50. The number of amides is 1. The van der Waals surface area contributed by atoms with Crippen LogP contribution in [0.2, 0.25) is 0 Å². The summed E-state index contributed by atoms with van der Waals surface area (Å²) in [5.74, 6) is 0.813. The first-order valence-electron chi connectivity index (χ1n) is 10.2. The molecule has 32 heavy (non-hydrogen) atoms. The van der Waals surface area contributed by atoms with Crippen molar-refractivity contribution in [1.82, 2.24) is 10.3 Å². The van der Waals surface area contributed by atoms with Gasteiger partial charge in [0.25, 0.3) is 5.91 Å². The molecule has 2 N–H and O–H groups in total. The van der Waals surface area contributed by atoms with Gasteiger partial charge in [0.1, 0.15) is 11.3 Å². The van der Waals surface area contributed by atoms with Crippen LogP contribution in [0.4, 0.5) is 5.69 Å². The Morgan fingerprint density at radius 3 is 2.75 bits per heavy atom. The van der Waals surface area contributed by atoms with Gasteiger partial charge < -0.3 is 14.5 Å². The summed E-state index contributed by atoms with van der Waals surface area (Å²) in [4.78, 5) is 17.2. The number of benzene rings is 3. The number of hydrogen-bond donors (Lipinski definition) is 2. The van der Waals surface area contributed by atoms with Crippen LogP contribution in [0.15, 0.2) is 65.1 Å². The smallest absolute Gasteiger partial charge is 0.257 e. The highest BCUT2D eigenvalue weighted by molar-refractivity contribution is 7.80. The Morgan fingerprint density at radius 1 is 1.12 bits per heavy atom. The molecule has 0 fully saturated rings. The molecule has 6 nitrogen and oxygen atoms in total. The molecule has 0 aliphatic heterocycles. The van der Waals surface area contributed by atoms with E-state index in [4.69, 9.17) is 21.4 Å². The molecule has 7 heteroatoms. The first-order chi connectivity index (χ1) is 15.5. The lowest BCUT2D eigenvalue weighted by Crippen LogP contribution is -2.34. The van der Waals surface area contributed by atoms with Crippen molar-refractivity contribution in [3.8, 4) is 17.2 Å². The zero-order valence-electron chi connectivity index (χ0n) is 18.1. The second-order valence-corrected chi connectivity index (χ2v) is 7.75. The van der Waals surface area contributed by atoms with Crippen LogP contribution >= 0.6 is 12.2 Å². The Hall–Kier alpha value is -3.71. The van der Waals surface area contributed by atoms with Gasteiger partial charge in [0.05, 0.1) is 7.11 Å². The largest absolute Gasteiger partial charge is 0.497 e. The van der Waals surface area contributed by atoms with Crippen molar-refractivity contribution in [2.45, 2.75) is 20.3 Å². The molecule has 0 atom stereocenters. The zero-order valence-corrected chi connectivity index (χ0v) is 18.9. The molecule has 0 aliphatic rings. The third kappa shape index (κ3) is 4.63. The van der Waals surface area contributed by atoms with E-state index < -0.39 is 0 Å². The van der Waals surface area contributed by atoms with E-state index in [0.29, 0.717) is 17.2 Å². The summed E-state index contributed by atoms with van der Waals surface area (Å²) in [6.07, 6.45) is 0.940. The van der Waals surface area contributed by atoms with E-state index in [1.165, 1.54) is 5.56 Å². The first kappa shape index (κ1) is 21.5. The number of thiocarbonyl (C=S) groups is 1. The number of fused-ring (bicyclic) bond motifs is 1. The average Bonchev–Trinajstić information content (AvgIpc) is 3.23.